The van der Waals surface area contributed by atoms with Crippen LogP contribution in [-0.4, -0.2) is 29.7 Å². The number of piperidine rings is 1. The van der Waals surface area contributed by atoms with Gasteiger partial charge in [-0.05, 0) is 56.9 Å². The number of furan rings is 1. The Bertz CT molecular complexity index is 513. The van der Waals surface area contributed by atoms with E-state index in [-0.39, 0.29) is 0 Å². The second-order valence-corrected chi connectivity index (χ2v) is 5.46. The van der Waals surface area contributed by atoms with Gasteiger partial charge in [-0.1, -0.05) is 5.16 Å². The van der Waals surface area contributed by atoms with Gasteiger partial charge in [0.2, 0.25) is 5.76 Å². The molecule has 0 spiro atoms. The summed E-state index contributed by atoms with van der Waals surface area (Å²) in [7, 11) is 0. The molecule has 0 bridgehead atoms. The second kappa shape index (κ2) is 6.24. The topological polar surface area (TPSA) is 68.4 Å². The molecule has 2 aromatic heterocycles. The first kappa shape index (κ1) is 13.4. The van der Waals surface area contributed by atoms with Crippen molar-refractivity contribution in [2.45, 2.75) is 25.8 Å². The molecule has 2 N–H and O–H groups in total. The molecular formula is C15H21N3O2. The van der Waals surface area contributed by atoms with E-state index in [4.69, 9.17) is 14.7 Å². The standard InChI is InChI=1S/C15H21N3O2/c16-6-3-12-4-7-18(8-5-12)11-13-10-15(20-17-13)14-2-1-9-19-14/h1-2,9-10,12H,3-8,11,16H2. The first-order valence-corrected chi connectivity index (χ1v) is 7.27. The summed E-state index contributed by atoms with van der Waals surface area (Å²) >= 11 is 0. The van der Waals surface area contributed by atoms with Crippen LogP contribution in [0.4, 0.5) is 0 Å². The van der Waals surface area contributed by atoms with Gasteiger partial charge in [-0.2, -0.15) is 0 Å². The van der Waals surface area contributed by atoms with Crippen LogP contribution in [0.15, 0.2) is 33.4 Å². The van der Waals surface area contributed by atoms with Crippen molar-refractivity contribution in [3.63, 3.8) is 0 Å². The van der Waals surface area contributed by atoms with E-state index in [0.717, 1.165) is 50.0 Å². The maximum absolute atomic E-state index is 5.62. The van der Waals surface area contributed by atoms with Crippen molar-refractivity contribution in [2.24, 2.45) is 11.7 Å². The third-order valence-electron chi connectivity index (χ3n) is 3.99. The molecular weight excluding hydrogens is 254 g/mol. The number of rotatable bonds is 5. The third kappa shape index (κ3) is 3.11. The molecule has 1 saturated heterocycles. The van der Waals surface area contributed by atoms with Gasteiger partial charge in [-0.3, -0.25) is 4.90 Å². The zero-order valence-electron chi connectivity index (χ0n) is 11.6. The third-order valence-corrected chi connectivity index (χ3v) is 3.99. The van der Waals surface area contributed by atoms with Crippen LogP contribution in [0.2, 0.25) is 0 Å². The molecule has 2 aromatic rings. The molecule has 1 aliphatic rings. The monoisotopic (exact) mass is 275 g/mol. The maximum atomic E-state index is 5.62. The number of nitrogens with two attached hydrogens (primary N) is 1. The molecule has 1 aliphatic heterocycles. The number of likely N-dealkylation sites (tertiary alicyclic amines) is 1. The highest BCUT2D eigenvalue weighted by Crippen LogP contribution is 2.24. The van der Waals surface area contributed by atoms with Crippen LogP contribution in [0, 0.1) is 5.92 Å². The smallest absolute Gasteiger partial charge is 0.202 e. The molecule has 0 atom stereocenters. The highest BCUT2D eigenvalue weighted by atomic mass is 16.5. The lowest BCUT2D eigenvalue weighted by molar-refractivity contribution is 0.170. The predicted molar refractivity (Wildman–Crippen MR) is 75.9 cm³/mol. The summed E-state index contributed by atoms with van der Waals surface area (Å²) in [6.07, 6.45) is 5.26. The lowest BCUT2D eigenvalue weighted by Crippen LogP contribution is -2.33. The summed E-state index contributed by atoms with van der Waals surface area (Å²) in [5, 5.41) is 4.12. The van der Waals surface area contributed by atoms with Crippen molar-refractivity contribution in [3.05, 3.63) is 30.2 Å². The molecule has 0 aliphatic carbocycles. The molecule has 108 valence electrons. The van der Waals surface area contributed by atoms with Gasteiger partial charge in [0.15, 0.2) is 5.76 Å². The molecule has 0 unspecified atom stereocenters. The molecule has 3 heterocycles. The van der Waals surface area contributed by atoms with Gasteiger partial charge < -0.3 is 14.7 Å². The summed E-state index contributed by atoms with van der Waals surface area (Å²) < 4.78 is 10.6. The van der Waals surface area contributed by atoms with Crippen LogP contribution in [0.1, 0.15) is 25.0 Å². The lowest BCUT2D eigenvalue weighted by Gasteiger charge is -2.31. The van der Waals surface area contributed by atoms with Crippen LogP contribution in [0.5, 0.6) is 0 Å². The Morgan fingerprint density at radius 3 is 2.85 bits per heavy atom. The first-order chi connectivity index (χ1) is 9.85. The normalized spacial score (nSPS) is 17.6. The minimum absolute atomic E-state index is 0.697. The zero-order valence-corrected chi connectivity index (χ0v) is 11.6. The predicted octanol–water partition coefficient (Wildman–Crippen LogP) is 2.50. The van der Waals surface area contributed by atoms with E-state index < -0.39 is 0 Å². The minimum Gasteiger partial charge on any atom is -0.461 e. The van der Waals surface area contributed by atoms with E-state index >= 15 is 0 Å². The Morgan fingerprint density at radius 2 is 2.15 bits per heavy atom. The van der Waals surface area contributed by atoms with Gasteiger partial charge in [-0.15, -0.1) is 0 Å². The molecule has 0 saturated carbocycles. The van der Waals surface area contributed by atoms with E-state index in [0.29, 0.717) is 5.76 Å². The van der Waals surface area contributed by atoms with E-state index in [1.807, 2.05) is 18.2 Å². The van der Waals surface area contributed by atoms with E-state index in [1.54, 1.807) is 6.26 Å². The summed E-state index contributed by atoms with van der Waals surface area (Å²) in [6.45, 7) is 3.89. The highest BCUT2D eigenvalue weighted by Gasteiger charge is 2.20. The van der Waals surface area contributed by atoms with Gasteiger partial charge in [0, 0.05) is 12.6 Å². The second-order valence-electron chi connectivity index (χ2n) is 5.46. The fraction of sp³-hybridized carbons (Fsp3) is 0.533. The average molecular weight is 275 g/mol. The molecule has 0 radical (unpaired) electrons. The minimum atomic E-state index is 0.697. The Kier molecular flexibility index (Phi) is 4.18. The van der Waals surface area contributed by atoms with Crippen LogP contribution < -0.4 is 5.73 Å². The SMILES string of the molecule is NCCC1CCN(Cc2cc(-c3ccco3)on2)CC1. The van der Waals surface area contributed by atoms with Crippen molar-refractivity contribution < 1.29 is 8.94 Å². The first-order valence-electron chi connectivity index (χ1n) is 7.27. The number of nitrogens with zero attached hydrogens (tertiary/aromatic N) is 2. The lowest BCUT2D eigenvalue weighted by atomic mass is 9.93. The van der Waals surface area contributed by atoms with Crippen molar-refractivity contribution >= 4 is 0 Å². The molecule has 5 nitrogen and oxygen atoms in total. The Balaban J connectivity index is 1.54. The molecule has 0 aromatic carbocycles. The quantitative estimate of drug-likeness (QED) is 0.908. The summed E-state index contributed by atoms with van der Waals surface area (Å²) in [5.74, 6) is 2.22. The molecule has 5 heteroatoms. The van der Waals surface area contributed by atoms with Crippen LogP contribution >= 0.6 is 0 Å². The van der Waals surface area contributed by atoms with E-state index in [9.17, 15) is 0 Å². The summed E-state index contributed by atoms with van der Waals surface area (Å²) in [5.41, 5.74) is 6.59. The fourth-order valence-corrected chi connectivity index (χ4v) is 2.82. The number of hydrogen-bond donors (Lipinski definition) is 1. The Morgan fingerprint density at radius 1 is 1.30 bits per heavy atom. The zero-order chi connectivity index (χ0) is 13.8. The van der Waals surface area contributed by atoms with Gasteiger partial charge in [-0.25, -0.2) is 0 Å². The van der Waals surface area contributed by atoms with Gasteiger partial charge in [0.05, 0.1) is 12.0 Å². The molecule has 1 fully saturated rings. The van der Waals surface area contributed by atoms with Crippen molar-refractivity contribution in [2.75, 3.05) is 19.6 Å². The largest absolute Gasteiger partial charge is 0.461 e. The number of hydrogen-bond acceptors (Lipinski definition) is 5. The van der Waals surface area contributed by atoms with Gasteiger partial charge in [0.1, 0.15) is 0 Å². The van der Waals surface area contributed by atoms with Gasteiger partial charge in [0.25, 0.3) is 0 Å². The van der Waals surface area contributed by atoms with Gasteiger partial charge >= 0.3 is 0 Å². The van der Waals surface area contributed by atoms with E-state index in [1.165, 1.54) is 12.8 Å². The maximum Gasteiger partial charge on any atom is 0.202 e. The summed E-state index contributed by atoms with van der Waals surface area (Å²) in [4.78, 5) is 2.43. The Labute approximate surface area is 118 Å². The molecule has 20 heavy (non-hydrogen) atoms. The summed E-state index contributed by atoms with van der Waals surface area (Å²) in [6, 6.07) is 5.69. The van der Waals surface area contributed by atoms with Crippen molar-refractivity contribution in [1.82, 2.24) is 10.1 Å². The van der Waals surface area contributed by atoms with Crippen LogP contribution in [0.3, 0.4) is 0 Å². The van der Waals surface area contributed by atoms with Crippen LogP contribution in [-0.2, 0) is 6.54 Å². The van der Waals surface area contributed by atoms with Crippen molar-refractivity contribution in [1.29, 1.82) is 0 Å². The Hall–Kier alpha value is -1.59. The molecule has 0 amide bonds. The highest BCUT2D eigenvalue weighted by molar-refractivity contribution is 5.49. The fourth-order valence-electron chi connectivity index (χ4n) is 2.82. The molecule has 3 rings (SSSR count). The van der Waals surface area contributed by atoms with Crippen molar-refractivity contribution in [3.8, 4) is 11.5 Å². The van der Waals surface area contributed by atoms with Crippen LogP contribution in [0.25, 0.3) is 11.5 Å². The average Bonchev–Trinajstić information content (AvgIpc) is 3.12. The van der Waals surface area contributed by atoms with E-state index in [2.05, 4.69) is 10.1 Å². The number of aromatic nitrogens is 1.